The predicted octanol–water partition coefficient (Wildman–Crippen LogP) is 12.5. The van der Waals surface area contributed by atoms with Gasteiger partial charge in [0.05, 0.1) is 33.6 Å². The molecule has 53 heavy (non-hydrogen) atoms. The first-order valence-electron chi connectivity index (χ1n) is 17.9. The standard InChI is InChI=1S/C49H32N4/c1-4-14-35(15-5-1)43-32-44(36-16-6-2-7-17-36)52-49(51-43)38-30-26-34(27-31-38)33-24-28-37(29-25-33)47-46-41-21-11-13-23-45(41)53(39-18-8-3-9-19-39)48(46)40-20-10-12-22-42(40)50-47/h1-32H. The van der Waals surface area contributed by atoms with Gasteiger partial charge in [0, 0.05) is 44.1 Å². The van der Waals surface area contributed by atoms with Crippen molar-refractivity contribution >= 4 is 32.7 Å². The third-order valence-electron chi connectivity index (χ3n) is 10.0. The molecule has 3 aromatic heterocycles. The van der Waals surface area contributed by atoms with Gasteiger partial charge in [0.1, 0.15) is 0 Å². The number of para-hydroxylation sites is 3. The highest BCUT2D eigenvalue weighted by atomic mass is 15.0. The molecule has 0 unspecified atom stereocenters. The van der Waals surface area contributed by atoms with E-state index in [1.54, 1.807) is 0 Å². The molecule has 0 saturated carbocycles. The number of benzene rings is 7. The number of pyridine rings is 1. The molecule has 0 fully saturated rings. The van der Waals surface area contributed by atoms with Crippen molar-refractivity contribution in [1.82, 2.24) is 19.5 Å². The highest BCUT2D eigenvalue weighted by Gasteiger charge is 2.20. The summed E-state index contributed by atoms with van der Waals surface area (Å²) in [6.07, 6.45) is 0. The van der Waals surface area contributed by atoms with Gasteiger partial charge >= 0.3 is 0 Å². The number of aromatic nitrogens is 4. The summed E-state index contributed by atoms with van der Waals surface area (Å²) < 4.78 is 2.39. The molecular weight excluding hydrogens is 645 g/mol. The van der Waals surface area contributed by atoms with Crippen LogP contribution in [0, 0.1) is 0 Å². The summed E-state index contributed by atoms with van der Waals surface area (Å²) >= 11 is 0. The summed E-state index contributed by atoms with van der Waals surface area (Å²) in [7, 11) is 0. The molecule has 248 valence electrons. The Hall–Kier alpha value is -7.17. The molecule has 3 heterocycles. The molecule has 4 nitrogen and oxygen atoms in total. The third kappa shape index (κ3) is 5.45. The topological polar surface area (TPSA) is 43.6 Å². The highest BCUT2D eigenvalue weighted by molar-refractivity contribution is 6.22. The van der Waals surface area contributed by atoms with E-state index in [4.69, 9.17) is 15.0 Å². The summed E-state index contributed by atoms with van der Waals surface area (Å²) in [6.45, 7) is 0. The Labute approximate surface area is 307 Å². The summed E-state index contributed by atoms with van der Waals surface area (Å²) in [5.41, 5.74) is 13.7. The van der Waals surface area contributed by atoms with Crippen LogP contribution in [0.15, 0.2) is 194 Å². The van der Waals surface area contributed by atoms with Crippen LogP contribution in [-0.4, -0.2) is 19.5 Å². The molecule has 0 bridgehead atoms. The first-order valence-corrected chi connectivity index (χ1v) is 17.9. The van der Waals surface area contributed by atoms with Crippen LogP contribution < -0.4 is 0 Å². The van der Waals surface area contributed by atoms with Crippen molar-refractivity contribution in [2.75, 3.05) is 0 Å². The fourth-order valence-electron chi connectivity index (χ4n) is 7.46. The number of nitrogens with zero attached hydrogens (tertiary/aromatic N) is 4. The van der Waals surface area contributed by atoms with Crippen LogP contribution in [0.4, 0.5) is 0 Å². The van der Waals surface area contributed by atoms with E-state index < -0.39 is 0 Å². The van der Waals surface area contributed by atoms with E-state index in [1.165, 1.54) is 16.4 Å². The number of rotatable bonds is 6. The average Bonchev–Trinajstić information content (AvgIpc) is 3.60. The van der Waals surface area contributed by atoms with Gasteiger partial charge < -0.3 is 4.57 Å². The van der Waals surface area contributed by atoms with Crippen LogP contribution in [0.25, 0.3) is 94.7 Å². The minimum Gasteiger partial charge on any atom is -0.308 e. The zero-order valence-corrected chi connectivity index (χ0v) is 28.8. The second-order valence-corrected chi connectivity index (χ2v) is 13.2. The van der Waals surface area contributed by atoms with Gasteiger partial charge in [-0.1, -0.05) is 164 Å². The normalized spacial score (nSPS) is 11.4. The van der Waals surface area contributed by atoms with E-state index >= 15 is 0 Å². The molecule has 0 saturated heterocycles. The molecule has 0 aliphatic rings. The smallest absolute Gasteiger partial charge is 0.160 e. The predicted molar refractivity (Wildman–Crippen MR) is 219 cm³/mol. The lowest BCUT2D eigenvalue weighted by molar-refractivity contribution is 1.18. The van der Waals surface area contributed by atoms with Gasteiger partial charge in [0.2, 0.25) is 0 Å². The van der Waals surface area contributed by atoms with Crippen molar-refractivity contribution in [3.63, 3.8) is 0 Å². The molecule has 0 radical (unpaired) electrons. The maximum atomic E-state index is 5.31. The van der Waals surface area contributed by atoms with Crippen LogP contribution in [0.5, 0.6) is 0 Å². The fourth-order valence-corrected chi connectivity index (χ4v) is 7.46. The molecule has 10 aromatic rings. The summed E-state index contributed by atoms with van der Waals surface area (Å²) in [4.78, 5) is 15.3. The number of hydrogen-bond donors (Lipinski definition) is 0. The van der Waals surface area contributed by atoms with Gasteiger partial charge in [-0.3, -0.25) is 0 Å². The van der Waals surface area contributed by atoms with Crippen LogP contribution in [0.3, 0.4) is 0 Å². The summed E-state index contributed by atoms with van der Waals surface area (Å²) in [5.74, 6) is 0.702. The first-order chi connectivity index (χ1) is 26.3. The first kappa shape index (κ1) is 30.6. The van der Waals surface area contributed by atoms with Gasteiger partial charge in [-0.25, -0.2) is 15.0 Å². The minimum atomic E-state index is 0.702. The summed E-state index contributed by atoms with van der Waals surface area (Å²) in [6, 6.07) is 67.8. The number of hydrogen-bond acceptors (Lipinski definition) is 3. The Morgan fingerprint density at radius 2 is 0.849 bits per heavy atom. The Balaban J connectivity index is 1.05. The van der Waals surface area contributed by atoms with Crippen molar-refractivity contribution in [3.8, 4) is 62.0 Å². The molecule has 0 aliphatic heterocycles. The third-order valence-corrected chi connectivity index (χ3v) is 10.0. The molecule has 0 aliphatic carbocycles. The monoisotopic (exact) mass is 676 g/mol. The molecular formula is C49H32N4. The lowest BCUT2D eigenvalue weighted by Gasteiger charge is -2.12. The van der Waals surface area contributed by atoms with Crippen molar-refractivity contribution in [3.05, 3.63) is 194 Å². The molecule has 0 atom stereocenters. The van der Waals surface area contributed by atoms with Crippen LogP contribution in [-0.2, 0) is 0 Å². The van der Waals surface area contributed by atoms with Crippen LogP contribution >= 0.6 is 0 Å². The van der Waals surface area contributed by atoms with Crippen molar-refractivity contribution in [2.45, 2.75) is 0 Å². The van der Waals surface area contributed by atoms with Crippen molar-refractivity contribution < 1.29 is 0 Å². The zero-order valence-electron chi connectivity index (χ0n) is 28.8. The zero-order chi connectivity index (χ0) is 35.1. The molecule has 4 heteroatoms. The molecule has 10 rings (SSSR count). The van der Waals surface area contributed by atoms with Crippen molar-refractivity contribution in [1.29, 1.82) is 0 Å². The van der Waals surface area contributed by atoms with E-state index in [-0.39, 0.29) is 0 Å². The molecule has 7 aromatic carbocycles. The lowest BCUT2D eigenvalue weighted by Crippen LogP contribution is -1.96. The van der Waals surface area contributed by atoms with Gasteiger partial charge in [-0.05, 0) is 41.5 Å². The molecule has 0 spiro atoms. The molecule has 0 amide bonds. The Bertz CT molecular complexity index is 2840. The Kier molecular flexibility index (Phi) is 7.43. The largest absolute Gasteiger partial charge is 0.308 e. The highest BCUT2D eigenvalue weighted by Crippen LogP contribution is 2.41. The van der Waals surface area contributed by atoms with Gasteiger partial charge in [0.15, 0.2) is 5.82 Å². The maximum Gasteiger partial charge on any atom is 0.160 e. The molecule has 0 N–H and O–H groups in total. The van der Waals surface area contributed by atoms with Gasteiger partial charge in [-0.15, -0.1) is 0 Å². The SMILES string of the molecule is c1ccc(-c2cc(-c3ccccc3)nc(-c3ccc(-c4ccc(-c5nc6ccccc6c6c5c5ccccc5n6-c5ccccc5)cc4)cc3)n2)cc1. The average molecular weight is 677 g/mol. The van der Waals surface area contributed by atoms with Gasteiger partial charge in [-0.2, -0.15) is 0 Å². The fraction of sp³-hybridized carbons (Fsp3) is 0. The Morgan fingerprint density at radius 3 is 1.47 bits per heavy atom. The number of fused-ring (bicyclic) bond motifs is 5. The van der Waals surface area contributed by atoms with Crippen LogP contribution in [0.1, 0.15) is 0 Å². The van der Waals surface area contributed by atoms with E-state index in [0.29, 0.717) is 5.82 Å². The van der Waals surface area contributed by atoms with Gasteiger partial charge in [0.25, 0.3) is 0 Å². The Morgan fingerprint density at radius 1 is 0.358 bits per heavy atom. The summed E-state index contributed by atoms with van der Waals surface area (Å²) in [5, 5.41) is 3.48. The lowest BCUT2D eigenvalue weighted by atomic mass is 9.98. The van der Waals surface area contributed by atoms with E-state index in [0.717, 1.165) is 72.4 Å². The second kappa shape index (κ2) is 12.9. The van der Waals surface area contributed by atoms with E-state index in [1.807, 2.05) is 36.4 Å². The van der Waals surface area contributed by atoms with E-state index in [9.17, 15) is 0 Å². The quantitative estimate of drug-likeness (QED) is 0.176. The van der Waals surface area contributed by atoms with E-state index in [2.05, 4.69) is 162 Å². The van der Waals surface area contributed by atoms with Crippen molar-refractivity contribution in [2.24, 2.45) is 0 Å². The minimum absolute atomic E-state index is 0.702. The van der Waals surface area contributed by atoms with Crippen LogP contribution in [0.2, 0.25) is 0 Å². The maximum absolute atomic E-state index is 5.31. The second-order valence-electron chi connectivity index (χ2n) is 13.2.